The second kappa shape index (κ2) is 10.7. The molecule has 0 saturated heterocycles. The fourth-order valence-corrected chi connectivity index (χ4v) is 3.08. The van der Waals surface area contributed by atoms with Crippen molar-refractivity contribution in [2.24, 2.45) is 4.99 Å². The standard InChI is InChI=1S/C19H27N3O2S/c1-4-20-19(22(2)13-16-9-12-25-15-16)21-10-11-24-14-17-7-5-6-8-18(17)23-3/h5-9,12,15H,4,10-11,13-14H2,1-3H3,(H,20,21). The van der Waals surface area contributed by atoms with Crippen LogP contribution < -0.4 is 10.1 Å². The van der Waals surface area contributed by atoms with Crippen LogP contribution in [0.1, 0.15) is 18.1 Å². The van der Waals surface area contributed by atoms with E-state index in [1.807, 2.05) is 24.3 Å². The van der Waals surface area contributed by atoms with E-state index in [1.54, 1.807) is 18.4 Å². The molecule has 0 fully saturated rings. The highest BCUT2D eigenvalue weighted by Crippen LogP contribution is 2.17. The van der Waals surface area contributed by atoms with Gasteiger partial charge in [0.2, 0.25) is 0 Å². The molecule has 2 aromatic rings. The van der Waals surface area contributed by atoms with Crippen molar-refractivity contribution in [3.8, 4) is 5.75 Å². The number of guanidine groups is 1. The number of ether oxygens (including phenoxy) is 2. The van der Waals surface area contributed by atoms with Gasteiger partial charge in [0, 0.05) is 25.7 Å². The van der Waals surface area contributed by atoms with E-state index in [-0.39, 0.29) is 0 Å². The summed E-state index contributed by atoms with van der Waals surface area (Å²) < 4.78 is 11.1. The van der Waals surface area contributed by atoms with E-state index in [0.29, 0.717) is 19.8 Å². The first-order chi connectivity index (χ1) is 12.2. The van der Waals surface area contributed by atoms with Gasteiger partial charge in [-0.3, -0.25) is 4.99 Å². The summed E-state index contributed by atoms with van der Waals surface area (Å²) in [4.78, 5) is 6.78. The zero-order valence-corrected chi connectivity index (χ0v) is 16.0. The van der Waals surface area contributed by atoms with E-state index in [4.69, 9.17) is 9.47 Å². The second-order valence-electron chi connectivity index (χ2n) is 5.59. The van der Waals surface area contributed by atoms with Gasteiger partial charge in [0.05, 0.1) is 26.9 Å². The molecule has 0 amide bonds. The summed E-state index contributed by atoms with van der Waals surface area (Å²) in [7, 11) is 3.73. The number of methoxy groups -OCH3 is 1. The Morgan fingerprint density at radius 3 is 2.84 bits per heavy atom. The summed E-state index contributed by atoms with van der Waals surface area (Å²) in [6, 6.07) is 10.0. The normalized spacial score (nSPS) is 11.4. The van der Waals surface area contributed by atoms with Crippen LogP contribution in [0.25, 0.3) is 0 Å². The van der Waals surface area contributed by atoms with Crippen LogP contribution in [0, 0.1) is 0 Å². The highest BCUT2D eigenvalue weighted by atomic mass is 32.1. The molecule has 0 aliphatic heterocycles. The van der Waals surface area contributed by atoms with Crippen molar-refractivity contribution >= 4 is 17.3 Å². The number of hydrogen-bond donors (Lipinski definition) is 1. The van der Waals surface area contributed by atoms with Gasteiger partial charge in [-0.05, 0) is 35.4 Å². The van der Waals surface area contributed by atoms with Crippen LogP contribution in [0.15, 0.2) is 46.1 Å². The first kappa shape index (κ1) is 19.3. The minimum atomic E-state index is 0.529. The van der Waals surface area contributed by atoms with Crippen molar-refractivity contribution in [2.45, 2.75) is 20.1 Å². The van der Waals surface area contributed by atoms with Crippen LogP contribution in [0.5, 0.6) is 5.75 Å². The van der Waals surface area contributed by atoms with Gasteiger partial charge in [-0.15, -0.1) is 0 Å². The number of benzene rings is 1. The summed E-state index contributed by atoms with van der Waals surface area (Å²) >= 11 is 1.71. The summed E-state index contributed by atoms with van der Waals surface area (Å²) in [5.41, 5.74) is 2.35. The summed E-state index contributed by atoms with van der Waals surface area (Å²) in [5.74, 6) is 1.75. The molecule has 0 aliphatic carbocycles. The lowest BCUT2D eigenvalue weighted by Gasteiger charge is -2.21. The van der Waals surface area contributed by atoms with Gasteiger partial charge >= 0.3 is 0 Å². The average Bonchev–Trinajstić information content (AvgIpc) is 3.13. The first-order valence-electron chi connectivity index (χ1n) is 8.44. The smallest absolute Gasteiger partial charge is 0.194 e. The number of thiophene rings is 1. The molecule has 2 rings (SSSR count). The maximum atomic E-state index is 5.74. The third-order valence-electron chi connectivity index (χ3n) is 3.64. The molecule has 0 bridgehead atoms. The molecule has 1 N–H and O–H groups in total. The number of nitrogens with one attached hydrogen (secondary N) is 1. The van der Waals surface area contributed by atoms with Gasteiger partial charge in [-0.2, -0.15) is 11.3 Å². The summed E-state index contributed by atoms with van der Waals surface area (Å²) in [6.45, 7) is 5.48. The van der Waals surface area contributed by atoms with Gasteiger partial charge < -0.3 is 19.7 Å². The van der Waals surface area contributed by atoms with Gasteiger partial charge in [0.25, 0.3) is 0 Å². The molecule has 1 aromatic heterocycles. The van der Waals surface area contributed by atoms with Gasteiger partial charge in [-0.1, -0.05) is 18.2 Å². The van der Waals surface area contributed by atoms with Crippen LogP contribution in [0.2, 0.25) is 0 Å². The Kier molecular flexibility index (Phi) is 8.28. The zero-order valence-electron chi connectivity index (χ0n) is 15.2. The fraction of sp³-hybridized carbons (Fsp3) is 0.421. The van der Waals surface area contributed by atoms with Crippen LogP contribution in [-0.4, -0.2) is 44.7 Å². The molecule has 0 radical (unpaired) electrons. The van der Waals surface area contributed by atoms with Crippen LogP contribution in [-0.2, 0) is 17.9 Å². The highest BCUT2D eigenvalue weighted by molar-refractivity contribution is 7.07. The van der Waals surface area contributed by atoms with Crippen molar-refractivity contribution in [3.63, 3.8) is 0 Å². The van der Waals surface area contributed by atoms with E-state index < -0.39 is 0 Å². The Bertz CT molecular complexity index is 644. The molecule has 5 nitrogen and oxygen atoms in total. The van der Waals surface area contributed by atoms with Crippen molar-refractivity contribution in [1.29, 1.82) is 0 Å². The van der Waals surface area contributed by atoms with Crippen molar-refractivity contribution in [1.82, 2.24) is 10.2 Å². The predicted octanol–water partition coefficient (Wildman–Crippen LogP) is 3.37. The molecule has 136 valence electrons. The molecule has 0 atom stereocenters. The predicted molar refractivity (Wildman–Crippen MR) is 104 cm³/mol. The molecule has 1 heterocycles. The Hall–Kier alpha value is -2.05. The molecule has 25 heavy (non-hydrogen) atoms. The highest BCUT2D eigenvalue weighted by Gasteiger charge is 2.06. The lowest BCUT2D eigenvalue weighted by Crippen LogP contribution is -2.38. The Labute approximate surface area is 154 Å². The lowest BCUT2D eigenvalue weighted by atomic mass is 10.2. The fourth-order valence-electron chi connectivity index (χ4n) is 2.42. The van der Waals surface area contributed by atoms with Gasteiger partial charge in [-0.25, -0.2) is 0 Å². The summed E-state index contributed by atoms with van der Waals surface area (Å²) in [6.07, 6.45) is 0. The van der Waals surface area contributed by atoms with Crippen molar-refractivity contribution in [3.05, 3.63) is 52.2 Å². The van der Waals surface area contributed by atoms with Gasteiger partial charge in [0.1, 0.15) is 5.75 Å². The van der Waals surface area contributed by atoms with E-state index in [9.17, 15) is 0 Å². The SMILES string of the molecule is CCNC(=NCCOCc1ccccc1OC)N(C)Cc1ccsc1. The molecular weight excluding hydrogens is 334 g/mol. The number of nitrogens with zero attached hydrogens (tertiary/aromatic N) is 2. The van der Waals surface area contributed by atoms with E-state index in [0.717, 1.165) is 30.4 Å². The lowest BCUT2D eigenvalue weighted by molar-refractivity contribution is 0.126. The molecular formula is C19H27N3O2S. The monoisotopic (exact) mass is 361 g/mol. The molecule has 6 heteroatoms. The van der Waals surface area contributed by atoms with Crippen LogP contribution >= 0.6 is 11.3 Å². The second-order valence-corrected chi connectivity index (χ2v) is 6.37. The Morgan fingerprint density at radius 1 is 1.28 bits per heavy atom. The van der Waals surface area contributed by atoms with Gasteiger partial charge in [0.15, 0.2) is 5.96 Å². The minimum absolute atomic E-state index is 0.529. The zero-order chi connectivity index (χ0) is 17.9. The molecule has 0 saturated carbocycles. The number of aliphatic imine (C=N–C) groups is 1. The third kappa shape index (κ3) is 6.40. The molecule has 1 aromatic carbocycles. The van der Waals surface area contributed by atoms with Crippen LogP contribution in [0.3, 0.4) is 0 Å². The maximum Gasteiger partial charge on any atom is 0.194 e. The third-order valence-corrected chi connectivity index (χ3v) is 4.38. The Morgan fingerprint density at radius 2 is 2.12 bits per heavy atom. The largest absolute Gasteiger partial charge is 0.496 e. The number of rotatable bonds is 9. The molecule has 0 spiro atoms. The van der Waals surface area contributed by atoms with E-state index in [1.165, 1.54) is 5.56 Å². The maximum absolute atomic E-state index is 5.74. The van der Waals surface area contributed by atoms with E-state index >= 15 is 0 Å². The molecule has 0 aliphatic rings. The topological polar surface area (TPSA) is 46.1 Å². The quantitative estimate of drug-likeness (QED) is 0.423. The minimum Gasteiger partial charge on any atom is -0.496 e. The van der Waals surface area contributed by atoms with Crippen molar-refractivity contribution < 1.29 is 9.47 Å². The van der Waals surface area contributed by atoms with E-state index in [2.05, 4.69) is 46.0 Å². The molecule has 0 unspecified atom stereocenters. The number of hydrogen-bond acceptors (Lipinski definition) is 4. The van der Waals surface area contributed by atoms with Crippen LogP contribution in [0.4, 0.5) is 0 Å². The Balaban J connectivity index is 1.80. The average molecular weight is 362 g/mol. The first-order valence-corrected chi connectivity index (χ1v) is 9.39. The summed E-state index contributed by atoms with van der Waals surface area (Å²) in [5, 5.41) is 7.58. The van der Waals surface area contributed by atoms with Crippen molar-refractivity contribution in [2.75, 3.05) is 33.9 Å². The number of para-hydroxylation sites is 1.